The Kier molecular flexibility index (Phi) is 3.25. The molecule has 0 aliphatic rings. The highest BCUT2D eigenvalue weighted by molar-refractivity contribution is 6.09. The van der Waals surface area contributed by atoms with Gasteiger partial charge in [-0.25, -0.2) is 17.6 Å². The van der Waals surface area contributed by atoms with Gasteiger partial charge in [-0.3, -0.25) is 4.79 Å². The zero-order valence-electron chi connectivity index (χ0n) is 9.38. The topological polar surface area (TPSA) is 43.1 Å². The van der Waals surface area contributed by atoms with Crippen LogP contribution >= 0.6 is 0 Å². The molecule has 0 radical (unpaired) electrons. The number of carbonyl (C=O) groups is 1. The van der Waals surface area contributed by atoms with Crippen molar-refractivity contribution in [2.24, 2.45) is 0 Å². The number of benzene rings is 2. The first-order valence-corrected chi connectivity index (χ1v) is 5.14. The Morgan fingerprint density at radius 1 is 0.842 bits per heavy atom. The average molecular weight is 269 g/mol. The molecule has 2 N–H and O–H groups in total. The average Bonchev–Trinajstić information content (AvgIpc) is 2.31. The molecule has 2 aromatic rings. The Morgan fingerprint density at radius 2 is 1.47 bits per heavy atom. The second kappa shape index (κ2) is 4.72. The smallest absolute Gasteiger partial charge is 0.196 e. The van der Waals surface area contributed by atoms with Crippen LogP contribution in [0.2, 0.25) is 0 Å². The molecule has 98 valence electrons. The van der Waals surface area contributed by atoms with E-state index in [1.54, 1.807) is 0 Å². The third kappa shape index (κ3) is 2.57. The SMILES string of the molecule is Nc1cc(F)cc(C(=O)c2cc(F)c(F)cc2F)c1. The van der Waals surface area contributed by atoms with Gasteiger partial charge in [0.05, 0.1) is 5.56 Å². The van der Waals surface area contributed by atoms with Gasteiger partial charge < -0.3 is 5.73 Å². The molecule has 0 bridgehead atoms. The third-order valence-electron chi connectivity index (χ3n) is 2.44. The summed E-state index contributed by atoms with van der Waals surface area (Å²) in [4.78, 5) is 11.9. The maximum absolute atomic E-state index is 13.4. The fourth-order valence-corrected chi connectivity index (χ4v) is 1.60. The third-order valence-corrected chi connectivity index (χ3v) is 2.44. The molecule has 0 spiro atoms. The summed E-state index contributed by atoms with van der Waals surface area (Å²) < 4.78 is 52.3. The van der Waals surface area contributed by atoms with Gasteiger partial charge in [-0.15, -0.1) is 0 Å². The first-order chi connectivity index (χ1) is 8.88. The summed E-state index contributed by atoms with van der Waals surface area (Å²) in [5.41, 5.74) is 4.37. The van der Waals surface area contributed by atoms with Gasteiger partial charge in [0.2, 0.25) is 0 Å². The van der Waals surface area contributed by atoms with E-state index in [1.807, 2.05) is 0 Å². The Balaban J connectivity index is 2.53. The molecule has 19 heavy (non-hydrogen) atoms. The van der Waals surface area contributed by atoms with Crippen molar-refractivity contribution >= 4 is 11.5 Å². The molecule has 0 amide bonds. The number of rotatable bonds is 2. The maximum Gasteiger partial charge on any atom is 0.196 e. The number of ketones is 1. The van der Waals surface area contributed by atoms with Crippen LogP contribution in [-0.4, -0.2) is 5.78 Å². The van der Waals surface area contributed by atoms with Gasteiger partial charge in [-0.1, -0.05) is 0 Å². The van der Waals surface area contributed by atoms with Gasteiger partial charge in [-0.2, -0.15) is 0 Å². The molecular weight excluding hydrogens is 262 g/mol. The van der Waals surface area contributed by atoms with E-state index in [0.717, 1.165) is 18.2 Å². The van der Waals surface area contributed by atoms with Crippen molar-refractivity contribution in [1.82, 2.24) is 0 Å². The van der Waals surface area contributed by atoms with Crippen molar-refractivity contribution in [3.8, 4) is 0 Å². The van der Waals surface area contributed by atoms with Crippen LogP contribution in [0.15, 0.2) is 30.3 Å². The zero-order valence-corrected chi connectivity index (χ0v) is 9.38. The fourth-order valence-electron chi connectivity index (χ4n) is 1.60. The van der Waals surface area contributed by atoms with Crippen LogP contribution in [0.25, 0.3) is 0 Å². The lowest BCUT2D eigenvalue weighted by atomic mass is 10.0. The van der Waals surface area contributed by atoms with E-state index >= 15 is 0 Å². The molecule has 6 heteroatoms. The minimum atomic E-state index is -1.41. The second-order valence-electron chi connectivity index (χ2n) is 3.85. The van der Waals surface area contributed by atoms with Crippen molar-refractivity contribution < 1.29 is 22.4 Å². The lowest BCUT2D eigenvalue weighted by Gasteiger charge is -2.05. The molecule has 0 fully saturated rings. The molecule has 0 heterocycles. The summed E-state index contributed by atoms with van der Waals surface area (Å²) in [6, 6.07) is 3.60. The van der Waals surface area contributed by atoms with Crippen molar-refractivity contribution in [2.45, 2.75) is 0 Å². The second-order valence-corrected chi connectivity index (χ2v) is 3.85. The molecule has 0 saturated carbocycles. The number of nitrogens with two attached hydrogens (primary N) is 1. The van der Waals surface area contributed by atoms with Crippen LogP contribution in [-0.2, 0) is 0 Å². The summed E-state index contributed by atoms with van der Waals surface area (Å²) in [7, 11) is 0. The van der Waals surface area contributed by atoms with E-state index in [4.69, 9.17) is 5.73 Å². The summed E-state index contributed by atoms with van der Waals surface area (Å²) in [5.74, 6) is -5.78. The van der Waals surface area contributed by atoms with E-state index in [0.29, 0.717) is 6.07 Å². The summed E-state index contributed by atoms with van der Waals surface area (Å²) in [5, 5.41) is 0. The number of carbonyl (C=O) groups excluding carboxylic acids is 1. The zero-order chi connectivity index (χ0) is 14.2. The molecule has 2 aromatic carbocycles. The van der Waals surface area contributed by atoms with Crippen molar-refractivity contribution in [3.05, 3.63) is 64.7 Å². The van der Waals surface area contributed by atoms with Crippen LogP contribution in [0.1, 0.15) is 15.9 Å². The molecule has 0 atom stereocenters. The number of anilines is 1. The predicted molar refractivity (Wildman–Crippen MR) is 60.6 cm³/mol. The molecule has 2 rings (SSSR count). The Bertz CT molecular complexity index is 650. The molecule has 0 saturated heterocycles. The molecule has 0 unspecified atom stereocenters. The minimum Gasteiger partial charge on any atom is -0.399 e. The number of hydrogen-bond donors (Lipinski definition) is 1. The minimum absolute atomic E-state index is 0.0358. The Hall–Kier alpha value is -2.37. The van der Waals surface area contributed by atoms with Crippen LogP contribution < -0.4 is 5.73 Å². The monoisotopic (exact) mass is 269 g/mol. The maximum atomic E-state index is 13.4. The first-order valence-electron chi connectivity index (χ1n) is 5.14. The van der Waals surface area contributed by atoms with Gasteiger partial charge in [0, 0.05) is 17.3 Å². The summed E-state index contributed by atoms with van der Waals surface area (Å²) in [6.45, 7) is 0. The van der Waals surface area contributed by atoms with Crippen LogP contribution in [0.5, 0.6) is 0 Å². The highest BCUT2D eigenvalue weighted by Gasteiger charge is 2.18. The number of halogens is 4. The highest BCUT2D eigenvalue weighted by Crippen LogP contribution is 2.19. The standard InChI is InChI=1S/C13H7F4NO/c14-7-1-6(2-8(18)3-7)13(19)9-4-11(16)12(17)5-10(9)15/h1-5H,18H2. The number of nitrogen functional groups attached to an aromatic ring is 1. The van der Waals surface area contributed by atoms with E-state index in [2.05, 4.69) is 0 Å². The van der Waals surface area contributed by atoms with E-state index in [-0.39, 0.29) is 17.3 Å². The van der Waals surface area contributed by atoms with Crippen LogP contribution in [0, 0.1) is 23.3 Å². The van der Waals surface area contributed by atoms with E-state index in [1.165, 1.54) is 0 Å². The van der Waals surface area contributed by atoms with Crippen molar-refractivity contribution in [2.75, 3.05) is 5.73 Å². The normalized spacial score (nSPS) is 10.5. The van der Waals surface area contributed by atoms with Crippen molar-refractivity contribution in [1.29, 1.82) is 0 Å². The molecule has 0 aromatic heterocycles. The summed E-state index contributed by atoms with van der Waals surface area (Å²) in [6.07, 6.45) is 0. The lowest BCUT2D eigenvalue weighted by molar-refractivity contribution is 0.103. The van der Waals surface area contributed by atoms with Crippen molar-refractivity contribution in [3.63, 3.8) is 0 Å². The lowest BCUT2D eigenvalue weighted by Crippen LogP contribution is -2.07. The molecule has 2 nitrogen and oxygen atoms in total. The molecule has 0 aliphatic heterocycles. The largest absolute Gasteiger partial charge is 0.399 e. The highest BCUT2D eigenvalue weighted by atomic mass is 19.2. The first kappa shape index (κ1) is 13.1. The quantitative estimate of drug-likeness (QED) is 0.394. The van der Waals surface area contributed by atoms with Crippen LogP contribution in [0.3, 0.4) is 0 Å². The van der Waals surface area contributed by atoms with E-state index < -0.39 is 34.6 Å². The molecule has 0 aliphatic carbocycles. The predicted octanol–water partition coefficient (Wildman–Crippen LogP) is 3.06. The van der Waals surface area contributed by atoms with Gasteiger partial charge >= 0.3 is 0 Å². The fraction of sp³-hybridized carbons (Fsp3) is 0. The Morgan fingerprint density at radius 3 is 2.11 bits per heavy atom. The number of hydrogen-bond acceptors (Lipinski definition) is 2. The van der Waals surface area contributed by atoms with Gasteiger partial charge in [0.1, 0.15) is 11.6 Å². The van der Waals surface area contributed by atoms with E-state index in [9.17, 15) is 22.4 Å². The van der Waals surface area contributed by atoms with Crippen LogP contribution in [0.4, 0.5) is 23.2 Å². The van der Waals surface area contributed by atoms with Gasteiger partial charge in [-0.05, 0) is 24.3 Å². The van der Waals surface area contributed by atoms with Gasteiger partial charge in [0.15, 0.2) is 17.4 Å². The molecular formula is C13H7F4NO. The van der Waals surface area contributed by atoms with Gasteiger partial charge in [0.25, 0.3) is 0 Å². The summed E-state index contributed by atoms with van der Waals surface area (Å²) >= 11 is 0. The Labute approximate surface area is 105 Å².